The standard InChI is InChI=1S/C18H14N2O5S/c21-17-12-14(6-7-16(17)18(22)23)20(13-8-10-19-11-9-13)26(24,25)15-4-2-1-3-5-15/h1-12,21H,(H,22,23). The van der Waals surface area contributed by atoms with E-state index >= 15 is 0 Å². The first-order valence-corrected chi connectivity index (χ1v) is 8.92. The van der Waals surface area contributed by atoms with Crippen molar-refractivity contribution in [2.24, 2.45) is 0 Å². The number of carboxylic acids is 1. The molecule has 132 valence electrons. The molecule has 0 aliphatic carbocycles. The fourth-order valence-electron chi connectivity index (χ4n) is 2.43. The van der Waals surface area contributed by atoms with Crippen LogP contribution in [-0.4, -0.2) is 29.6 Å². The highest BCUT2D eigenvalue weighted by Crippen LogP contribution is 2.34. The summed E-state index contributed by atoms with van der Waals surface area (Å²) in [5.41, 5.74) is 0.0782. The van der Waals surface area contributed by atoms with Crippen LogP contribution in [-0.2, 0) is 10.0 Å². The summed E-state index contributed by atoms with van der Waals surface area (Å²) in [5, 5.41) is 19.0. The van der Waals surface area contributed by atoms with Crippen LogP contribution in [0.25, 0.3) is 0 Å². The van der Waals surface area contributed by atoms with E-state index in [9.17, 15) is 18.3 Å². The molecule has 0 fully saturated rings. The Morgan fingerprint density at radius 2 is 1.58 bits per heavy atom. The van der Waals surface area contributed by atoms with Crippen molar-refractivity contribution >= 4 is 27.4 Å². The summed E-state index contributed by atoms with van der Waals surface area (Å²) in [4.78, 5) is 15.0. The molecule has 2 N–H and O–H groups in total. The molecule has 1 heterocycles. The van der Waals surface area contributed by atoms with Crippen molar-refractivity contribution in [2.45, 2.75) is 4.90 Å². The lowest BCUT2D eigenvalue weighted by Crippen LogP contribution is -2.26. The summed E-state index contributed by atoms with van der Waals surface area (Å²) in [5.74, 6) is -1.84. The van der Waals surface area contributed by atoms with Crippen molar-refractivity contribution in [3.05, 3.63) is 78.6 Å². The number of rotatable bonds is 5. The monoisotopic (exact) mass is 370 g/mol. The van der Waals surface area contributed by atoms with E-state index in [1.54, 1.807) is 18.2 Å². The molecular formula is C18H14N2O5S. The van der Waals surface area contributed by atoms with Crippen molar-refractivity contribution in [1.29, 1.82) is 0 Å². The highest BCUT2D eigenvalue weighted by molar-refractivity contribution is 7.93. The molecule has 8 heteroatoms. The number of nitrogens with zero attached hydrogens (tertiary/aromatic N) is 2. The van der Waals surface area contributed by atoms with Gasteiger partial charge in [0, 0.05) is 18.5 Å². The normalized spacial score (nSPS) is 11.1. The number of aromatic carboxylic acids is 1. The van der Waals surface area contributed by atoms with Crippen LogP contribution in [0.3, 0.4) is 0 Å². The average molecular weight is 370 g/mol. The van der Waals surface area contributed by atoms with E-state index in [-0.39, 0.29) is 16.1 Å². The lowest BCUT2D eigenvalue weighted by molar-refractivity contribution is 0.0694. The van der Waals surface area contributed by atoms with Crippen LogP contribution in [0, 0.1) is 0 Å². The predicted octanol–water partition coefficient (Wildman–Crippen LogP) is 3.01. The van der Waals surface area contributed by atoms with Gasteiger partial charge in [-0.25, -0.2) is 17.5 Å². The highest BCUT2D eigenvalue weighted by atomic mass is 32.2. The van der Waals surface area contributed by atoms with E-state index in [2.05, 4.69) is 4.98 Å². The van der Waals surface area contributed by atoms with Gasteiger partial charge in [0.15, 0.2) is 0 Å². The average Bonchev–Trinajstić information content (AvgIpc) is 2.63. The van der Waals surface area contributed by atoms with E-state index in [0.717, 1.165) is 16.4 Å². The second-order valence-electron chi connectivity index (χ2n) is 5.29. The Labute approximate surface area is 149 Å². The molecule has 0 unspecified atom stereocenters. The van der Waals surface area contributed by atoms with Crippen LogP contribution in [0.15, 0.2) is 78.0 Å². The van der Waals surface area contributed by atoms with Gasteiger partial charge in [0.05, 0.1) is 16.3 Å². The van der Waals surface area contributed by atoms with Gasteiger partial charge in [0.2, 0.25) is 0 Å². The van der Waals surface area contributed by atoms with Crippen LogP contribution in [0.4, 0.5) is 11.4 Å². The molecule has 0 saturated heterocycles. The number of hydrogen-bond donors (Lipinski definition) is 2. The summed E-state index contributed by atoms with van der Waals surface area (Å²) in [6, 6.07) is 14.4. The van der Waals surface area contributed by atoms with Gasteiger partial charge in [0.25, 0.3) is 10.0 Å². The number of aromatic nitrogens is 1. The van der Waals surface area contributed by atoms with E-state index in [0.29, 0.717) is 5.69 Å². The molecule has 0 aliphatic rings. The Morgan fingerprint density at radius 1 is 0.923 bits per heavy atom. The first-order chi connectivity index (χ1) is 12.4. The zero-order valence-electron chi connectivity index (χ0n) is 13.4. The number of sulfonamides is 1. The van der Waals surface area contributed by atoms with Crippen LogP contribution in [0.5, 0.6) is 5.75 Å². The van der Waals surface area contributed by atoms with Gasteiger partial charge in [-0.1, -0.05) is 18.2 Å². The highest BCUT2D eigenvalue weighted by Gasteiger charge is 2.27. The summed E-state index contributed by atoms with van der Waals surface area (Å²) >= 11 is 0. The third kappa shape index (κ3) is 3.22. The molecule has 2 aromatic carbocycles. The Balaban J connectivity index is 2.21. The van der Waals surface area contributed by atoms with Gasteiger partial charge in [-0.3, -0.25) is 4.98 Å². The Hall–Kier alpha value is -3.39. The summed E-state index contributed by atoms with van der Waals surface area (Å²) < 4.78 is 27.4. The quantitative estimate of drug-likeness (QED) is 0.715. The molecule has 0 spiro atoms. The van der Waals surface area contributed by atoms with E-state index in [1.165, 1.54) is 42.7 Å². The molecule has 0 aliphatic heterocycles. The van der Waals surface area contributed by atoms with E-state index in [1.807, 2.05) is 0 Å². The molecule has 0 bridgehead atoms. The molecule has 0 saturated carbocycles. The predicted molar refractivity (Wildman–Crippen MR) is 95.1 cm³/mol. The Morgan fingerprint density at radius 3 is 2.15 bits per heavy atom. The molecule has 0 radical (unpaired) electrons. The second-order valence-corrected chi connectivity index (χ2v) is 7.08. The Bertz CT molecular complexity index is 1040. The number of carbonyl (C=O) groups is 1. The van der Waals surface area contributed by atoms with Crippen molar-refractivity contribution in [3.8, 4) is 5.75 Å². The van der Waals surface area contributed by atoms with Crippen LogP contribution >= 0.6 is 0 Å². The summed E-state index contributed by atoms with van der Waals surface area (Å²) in [7, 11) is -4.01. The number of hydrogen-bond acceptors (Lipinski definition) is 5. The zero-order chi connectivity index (χ0) is 18.7. The smallest absolute Gasteiger partial charge is 0.339 e. The molecular weight excluding hydrogens is 356 g/mol. The minimum atomic E-state index is -4.01. The number of anilines is 2. The zero-order valence-corrected chi connectivity index (χ0v) is 14.2. The largest absolute Gasteiger partial charge is 0.507 e. The van der Waals surface area contributed by atoms with Gasteiger partial charge < -0.3 is 10.2 Å². The SMILES string of the molecule is O=C(O)c1ccc(N(c2ccncc2)S(=O)(=O)c2ccccc2)cc1O. The topological polar surface area (TPSA) is 108 Å². The first kappa shape index (κ1) is 17.4. The maximum atomic E-state index is 13.2. The fraction of sp³-hybridized carbons (Fsp3) is 0. The number of pyridine rings is 1. The first-order valence-electron chi connectivity index (χ1n) is 7.48. The molecule has 3 aromatic rings. The van der Waals surface area contributed by atoms with Crippen LogP contribution in [0.2, 0.25) is 0 Å². The lowest BCUT2D eigenvalue weighted by atomic mass is 10.2. The molecule has 1 aromatic heterocycles. The second kappa shape index (κ2) is 6.85. The number of carboxylic acid groups (broad SMARTS) is 1. The van der Waals surface area contributed by atoms with Gasteiger partial charge in [-0.2, -0.15) is 0 Å². The summed E-state index contributed by atoms with van der Waals surface area (Å²) in [6.07, 6.45) is 2.88. The third-order valence-electron chi connectivity index (χ3n) is 3.62. The maximum absolute atomic E-state index is 13.2. The molecule has 7 nitrogen and oxygen atoms in total. The van der Waals surface area contributed by atoms with Gasteiger partial charge in [-0.15, -0.1) is 0 Å². The number of benzene rings is 2. The van der Waals surface area contributed by atoms with Gasteiger partial charge >= 0.3 is 5.97 Å². The van der Waals surface area contributed by atoms with Crippen molar-refractivity contribution < 1.29 is 23.4 Å². The van der Waals surface area contributed by atoms with Crippen molar-refractivity contribution in [2.75, 3.05) is 4.31 Å². The van der Waals surface area contributed by atoms with Crippen molar-refractivity contribution in [3.63, 3.8) is 0 Å². The number of phenols is 1. The van der Waals surface area contributed by atoms with Crippen LogP contribution < -0.4 is 4.31 Å². The number of aromatic hydroxyl groups is 1. The Kier molecular flexibility index (Phi) is 4.59. The summed E-state index contributed by atoms with van der Waals surface area (Å²) in [6.45, 7) is 0. The van der Waals surface area contributed by atoms with Crippen molar-refractivity contribution in [1.82, 2.24) is 4.98 Å². The molecule has 0 amide bonds. The molecule has 26 heavy (non-hydrogen) atoms. The minimum Gasteiger partial charge on any atom is -0.507 e. The van der Waals surface area contributed by atoms with E-state index < -0.39 is 21.7 Å². The van der Waals surface area contributed by atoms with E-state index in [4.69, 9.17) is 5.11 Å². The van der Waals surface area contributed by atoms with Gasteiger partial charge in [0.1, 0.15) is 11.3 Å². The fourth-order valence-corrected chi connectivity index (χ4v) is 3.93. The minimum absolute atomic E-state index is 0.0543. The van der Waals surface area contributed by atoms with Crippen LogP contribution in [0.1, 0.15) is 10.4 Å². The van der Waals surface area contributed by atoms with Gasteiger partial charge in [-0.05, 0) is 36.4 Å². The third-order valence-corrected chi connectivity index (χ3v) is 5.40. The maximum Gasteiger partial charge on any atom is 0.339 e. The lowest BCUT2D eigenvalue weighted by Gasteiger charge is -2.24. The molecule has 0 atom stereocenters. The molecule has 3 rings (SSSR count).